The molecule has 0 amide bonds. The van der Waals surface area contributed by atoms with Crippen molar-refractivity contribution in [2.24, 2.45) is 0 Å². The molecular weight excluding hydrogens is 396 g/mol. The Balaban J connectivity index is 1.73. The highest BCUT2D eigenvalue weighted by Gasteiger charge is 2.41. The number of fused-ring (bicyclic) bond motifs is 2. The van der Waals surface area contributed by atoms with Gasteiger partial charge in [-0.2, -0.15) is 5.26 Å². The van der Waals surface area contributed by atoms with Gasteiger partial charge in [-0.15, -0.1) is 0 Å². The molecule has 0 aromatic heterocycles. The van der Waals surface area contributed by atoms with Crippen molar-refractivity contribution in [3.05, 3.63) is 88.1 Å². The van der Waals surface area contributed by atoms with Gasteiger partial charge in [-0.3, -0.25) is 4.79 Å². The molecule has 2 aromatic carbocycles. The molecule has 4 rings (SSSR count). The number of carbonyl (C=O) groups excluding carboxylic acids is 1. The molecule has 0 saturated heterocycles. The quantitative estimate of drug-likeness (QED) is 0.467. The highest BCUT2D eigenvalue weighted by atomic mass is 16.1. The number of anilines is 2. The lowest BCUT2D eigenvalue weighted by Gasteiger charge is -2.25. The Hall–Kier alpha value is -3.83. The van der Waals surface area contributed by atoms with Crippen molar-refractivity contribution in [2.75, 3.05) is 23.9 Å². The smallest absolute Gasteiger partial charge is 0.187 e. The van der Waals surface area contributed by atoms with Crippen molar-refractivity contribution >= 4 is 22.8 Å². The molecule has 0 bridgehead atoms. The Morgan fingerprint density at radius 2 is 1.44 bits per heavy atom. The number of rotatable bonds is 2. The SMILES string of the molecule is [C-]#[N+]c1ccc2c(c1)C(C)(C)/C(=C\C(=O)/C=C1/N(C)c3ccc(C#N)cc3C1(C)C)N2C. The molecule has 2 aliphatic rings. The van der Waals surface area contributed by atoms with Crippen molar-refractivity contribution in [3.8, 4) is 6.07 Å². The summed E-state index contributed by atoms with van der Waals surface area (Å²) in [6, 6.07) is 13.5. The predicted molar refractivity (Wildman–Crippen MR) is 128 cm³/mol. The molecule has 2 heterocycles. The third kappa shape index (κ3) is 3.01. The predicted octanol–water partition coefficient (Wildman–Crippen LogP) is 5.60. The summed E-state index contributed by atoms with van der Waals surface area (Å²) in [7, 11) is 3.92. The number of hydrogen-bond acceptors (Lipinski definition) is 4. The van der Waals surface area contributed by atoms with E-state index in [4.69, 9.17) is 6.57 Å². The fourth-order valence-corrected chi connectivity index (χ4v) is 5.02. The molecule has 0 radical (unpaired) electrons. The van der Waals surface area contributed by atoms with E-state index in [-0.39, 0.29) is 11.2 Å². The van der Waals surface area contributed by atoms with Gasteiger partial charge in [-0.1, -0.05) is 39.8 Å². The van der Waals surface area contributed by atoms with Gasteiger partial charge in [0.1, 0.15) is 0 Å². The molecule has 0 aliphatic carbocycles. The van der Waals surface area contributed by atoms with E-state index >= 15 is 0 Å². The minimum Gasteiger partial charge on any atom is -0.347 e. The zero-order valence-corrected chi connectivity index (χ0v) is 19.3. The number of allylic oxidation sites excluding steroid dienone is 4. The number of benzene rings is 2. The van der Waals surface area contributed by atoms with Crippen LogP contribution in [-0.2, 0) is 15.6 Å². The summed E-state index contributed by atoms with van der Waals surface area (Å²) in [5.74, 6) is -0.0821. The Morgan fingerprint density at radius 1 is 0.938 bits per heavy atom. The van der Waals surface area contributed by atoms with Gasteiger partial charge in [0, 0.05) is 59.8 Å². The summed E-state index contributed by atoms with van der Waals surface area (Å²) in [5, 5.41) is 9.30. The molecule has 0 spiro atoms. The number of carbonyl (C=O) groups is 1. The molecule has 2 aliphatic heterocycles. The fourth-order valence-electron chi connectivity index (χ4n) is 5.02. The largest absolute Gasteiger partial charge is 0.347 e. The molecule has 0 unspecified atom stereocenters. The van der Waals surface area contributed by atoms with Gasteiger partial charge in [0.2, 0.25) is 0 Å². The van der Waals surface area contributed by atoms with Crippen molar-refractivity contribution in [1.29, 1.82) is 5.26 Å². The maximum absolute atomic E-state index is 13.3. The summed E-state index contributed by atoms with van der Waals surface area (Å²) in [6.07, 6.45) is 3.41. The molecule has 32 heavy (non-hydrogen) atoms. The Morgan fingerprint density at radius 3 is 1.94 bits per heavy atom. The Labute approximate surface area is 189 Å². The maximum atomic E-state index is 13.3. The first-order valence-corrected chi connectivity index (χ1v) is 10.5. The van der Waals surface area contributed by atoms with Crippen molar-refractivity contribution < 1.29 is 4.79 Å². The second-order valence-corrected chi connectivity index (χ2v) is 9.49. The monoisotopic (exact) mass is 422 g/mol. The molecule has 0 atom stereocenters. The Bertz CT molecular complexity index is 1200. The average molecular weight is 423 g/mol. The van der Waals surface area contributed by atoms with E-state index in [0.29, 0.717) is 11.3 Å². The van der Waals surface area contributed by atoms with Gasteiger partial charge in [0.05, 0.1) is 18.2 Å². The summed E-state index contributed by atoms with van der Waals surface area (Å²) in [6.45, 7) is 15.7. The van der Waals surface area contributed by atoms with Crippen LogP contribution >= 0.6 is 0 Å². The summed E-state index contributed by atoms with van der Waals surface area (Å²) >= 11 is 0. The van der Waals surface area contributed by atoms with E-state index in [1.165, 1.54) is 0 Å². The van der Waals surface area contributed by atoms with Crippen molar-refractivity contribution in [1.82, 2.24) is 0 Å². The first kappa shape index (κ1) is 21.4. The zero-order chi connectivity index (χ0) is 23.4. The third-order valence-corrected chi connectivity index (χ3v) is 6.87. The van der Waals surface area contributed by atoms with Gasteiger partial charge in [0.25, 0.3) is 0 Å². The lowest BCUT2D eigenvalue weighted by Crippen LogP contribution is -2.25. The van der Waals surface area contributed by atoms with Crippen LogP contribution < -0.4 is 9.80 Å². The van der Waals surface area contributed by atoms with Crippen LogP contribution in [0.25, 0.3) is 4.85 Å². The molecule has 0 N–H and O–H groups in total. The van der Waals surface area contributed by atoms with Crippen molar-refractivity contribution in [2.45, 2.75) is 38.5 Å². The first-order valence-electron chi connectivity index (χ1n) is 10.5. The van der Waals surface area contributed by atoms with Gasteiger partial charge in [-0.25, -0.2) is 4.85 Å². The Kier molecular flexibility index (Phi) is 4.75. The van der Waals surface area contributed by atoms with E-state index in [1.807, 2.05) is 60.3 Å². The highest BCUT2D eigenvalue weighted by Crippen LogP contribution is 2.49. The van der Waals surface area contributed by atoms with E-state index in [9.17, 15) is 10.1 Å². The minimum absolute atomic E-state index is 0.0821. The van der Waals surface area contributed by atoms with Gasteiger partial charge < -0.3 is 9.80 Å². The number of hydrogen-bond donors (Lipinski definition) is 0. The lowest BCUT2D eigenvalue weighted by molar-refractivity contribution is -0.110. The van der Waals surface area contributed by atoms with Crippen LogP contribution in [0.1, 0.15) is 44.4 Å². The molecule has 2 aromatic rings. The number of likely N-dealkylation sites (N-methyl/N-ethyl adjacent to an activating group) is 2. The zero-order valence-electron chi connectivity index (χ0n) is 19.3. The van der Waals surface area contributed by atoms with E-state index in [2.05, 4.69) is 38.6 Å². The van der Waals surface area contributed by atoms with Crippen LogP contribution in [-0.4, -0.2) is 19.9 Å². The fraction of sp³-hybridized carbons (Fsp3) is 0.296. The molecule has 5 heteroatoms. The van der Waals surface area contributed by atoms with Crippen LogP contribution in [0.2, 0.25) is 0 Å². The molecule has 0 fully saturated rings. The van der Waals surface area contributed by atoms with Crippen molar-refractivity contribution in [3.63, 3.8) is 0 Å². The second-order valence-electron chi connectivity index (χ2n) is 9.49. The first-order chi connectivity index (χ1) is 15.0. The van der Waals surface area contributed by atoms with E-state index < -0.39 is 5.41 Å². The van der Waals surface area contributed by atoms with Gasteiger partial charge in [0.15, 0.2) is 11.5 Å². The molecular formula is C27H26N4O. The van der Waals surface area contributed by atoms with Crippen LogP contribution in [0.15, 0.2) is 59.9 Å². The number of nitrogens with zero attached hydrogens (tertiary/aromatic N) is 4. The standard InChI is InChI=1S/C27H26N4O/c1-26(2)20-12-17(16-28)8-10-22(20)30(6)24(26)14-19(32)15-25-27(3,4)21-13-18(29-5)9-11-23(21)31(25)7/h8-15H,1-4,6-7H3/b24-14+,25-15+. The highest BCUT2D eigenvalue weighted by molar-refractivity contribution is 6.02. The summed E-state index contributed by atoms with van der Waals surface area (Å²) in [4.78, 5) is 20.9. The molecule has 160 valence electrons. The topological polar surface area (TPSA) is 51.7 Å². The van der Waals surface area contributed by atoms with Gasteiger partial charge >= 0.3 is 0 Å². The average Bonchev–Trinajstić information content (AvgIpc) is 3.07. The van der Waals surface area contributed by atoms with Crippen LogP contribution in [0, 0.1) is 17.9 Å². The number of ketones is 1. The molecule has 5 nitrogen and oxygen atoms in total. The number of nitriles is 1. The van der Waals surface area contributed by atoms with Crippen LogP contribution in [0.3, 0.4) is 0 Å². The van der Waals surface area contributed by atoms with E-state index in [1.54, 1.807) is 12.2 Å². The maximum Gasteiger partial charge on any atom is 0.187 e. The van der Waals surface area contributed by atoms with Crippen LogP contribution in [0.4, 0.5) is 17.1 Å². The van der Waals surface area contributed by atoms with Crippen LogP contribution in [0.5, 0.6) is 0 Å². The summed E-state index contributed by atoms with van der Waals surface area (Å²) in [5.41, 5.74) is 6.36. The summed E-state index contributed by atoms with van der Waals surface area (Å²) < 4.78 is 0. The third-order valence-electron chi connectivity index (χ3n) is 6.87. The second kappa shape index (κ2) is 7.11. The minimum atomic E-state index is -0.393. The van der Waals surface area contributed by atoms with Gasteiger partial charge in [-0.05, 0) is 35.4 Å². The molecule has 0 saturated carbocycles. The normalized spacial score (nSPS) is 20.1. The lowest BCUT2D eigenvalue weighted by atomic mass is 9.82. The van der Waals surface area contributed by atoms with E-state index in [0.717, 1.165) is 33.9 Å².